The van der Waals surface area contributed by atoms with Crippen LogP contribution in [0.4, 0.5) is 4.39 Å². The molecule has 1 aromatic carbocycles. The third-order valence-corrected chi connectivity index (χ3v) is 3.29. The summed E-state index contributed by atoms with van der Waals surface area (Å²) in [6.45, 7) is 5.84. The summed E-state index contributed by atoms with van der Waals surface area (Å²) in [6, 6.07) is 4.74. The Morgan fingerprint density at radius 2 is 2.07 bits per heavy atom. The van der Waals surface area contributed by atoms with Gasteiger partial charge in [-0.25, -0.2) is 4.39 Å². The molecule has 0 radical (unpaired) electrons. The average Bonchev–Trinajstić information content (AvgIpc) is 2.79. The molecule has 1 nitrogen and oxygen atoms in total. The summed E-state index contributed by atoms with van der Waals surface area (Å²) in [5.41, 5.74) is 1.20. The predicted octanol–water partition coefficient (Wildman–Crippen LogP) is 3.36. The molecule has 1 aliphatic rings. The minimum Gasteiger partial charge on any atom is -0.294 e. The number of carbonyl (C=O) groups is 1. The maximum Gasteiger partial charge on any atom is 0.166 e. The summed E-state index contributed by atoms with van der Waals surface area (Å²) in [5.74, 6) is -0.127. The highest BCUT2D eigenvalue weighted by Crippen LogP contribution is 2.53. The number of carbonyl (C=O) groups excluding carboxylic acids is 1. The first-order valence-corrected chi connectivity index (χ1v) is 5.22. The standard InChI is InChI=1S/C13H15FO/c1-8-4-5-9(6-11(8)14)12(15)10-7-13(10,2)3/h4-6,10H,7H2,1-3H3. The van der Waals surface area contributed by atoms with Gasteiger partial charge in [0.05, 0.1) is 0 Å². The van der Waals surface area contributed by atoms with Crippen molar-refractivity contribution < 1.29 is 9.18 Å². The van der Waals surface area contributed by atoms with Gasteiger partial charge in [-0.15, -0.1) is 0 Å². The Kier molecular flexibility index (Phi) is 2.18. The second kappa shape index (κ2) is 3.16. The van der Waals surface area contributed by atoms with Crippen molar-refractivity contribution in [3.8, 4) is 0 Å². The molecular formula is C13H15FO. The number of Topliss-reactive ketones (excluding diaryl/α,β-unsaturated/α-hetero) is 1. The van der Waals surface area contributed by atoms with Crippen molar-refractivity contribution in [3.05, 3.63) is 35.1 Å². The van der Waals surface area contributed by atoms with Crippen LogP contribution in [0.2, 0.25) is 0 Å². The topological polar surface area (TPSA) is 17.1 Å². The molecule has 0 heterocycles. The SMILES string of the molecule is Cc1ccc(C(=O)C2CC2(C)C)cc1F. The van der Waals surface area contributed by atoms with E-state index in [-0.39, 0.29) is 22.9 Å². The zero-order valence-corrected chi connectivity index (χ0v) is 9.30. The summed E-state index contributed by atoms with van der Waals surface area (Å²) in [6.07, 6.45) is 0.918. The van der Waals surface area contributed by atoms with Crippen LogP contribution >= 0.6 is 0 Å². The highest BCUT2D eigenvalue weighted by Gasteiger charge is 2.50. The molecule has 0 spiro atoms. The van der Waals surface area contributed by atoms with Crippen molar-refractivity contribution in [2.45, 2.75) is 27.2 Å². The van der Waals surface area contributed by atoms with E-state index < -0.39 is 0 Å². The lowest BCUT2D eigenvalue weighted by atomic mass is 10.0. The minimum atomic E-state index is -0.292. The molecule has 1 aliphatic carbocycles. The summed E-state index contributed by atoms with van der Waals surface area (Å²) in [4.78, 5) is 11.9. The number of halogens is 1. The van der Waals surface area contributed by atoms with Crippen molar-refractivity contribution in [1.29, 1.82) is 0 Å². The van der Waals surface area contributed by atoms with E-state index in [9.17, 15) is 9.18 Å². The van der Waals surface area contributed by atoms with Crippen LogP contribution in [0.3, 0.4) is 0 Å². The first kappa shape index (κ1) is 10.3. The molecule has 1 aromatic rings. The van der Waals surface area contributed by atoms with Crippen molar-refractivity contribution in [3.63, 3.8) is 0 Å². The van der Waals surface area contributed by atoms with Gasteiger partial charge in [-0.05, 0) is 30.4 Å². The number of rotatable bonds is 2. The van der Waals surface area contributed by atoms with Gasteiger partial charge >= 0.3 is 0 Å². The van der Waals surface area contributed by atoms with Gasteiger partial charge in [0.15, 0.2) is 5.78 Å². The van der Waals surface area contributed by atoms with E-state index >= 15 is 0 Å². The zero-order chi connectivity index (χ0) is 11.2. The smallest absolute Gasteiger partial charge is 0.166 e. The Bertz CT molecular complexity index is 421. The van der Waals surface area contributed by atoms with Crippen LogP contribution in [0.1, 0.15) is 36.2 Å². The van der Waals surface area contributed by atoms with Crippen LogP contribution in [0.25, 0.3) is 0 Å². The van der Waals surface area contributed by atoms with Crippen molar-refractivity contribution in [2.24, 2.45) is 11.3 Å². The van der Waals surface area contributed by atoms with Crippen LogP contribution in [0.5, 0.6) is 0 Å². The molecule has 0 amide bonds. The molecule has 1 atom stereocenters. The molecule has 1 unspecified atom stereocenters. The van der Waals surface area contributed by atoms with Crippen molar-refractivity contribution >= 4 is 5.78 Å². The molecule has 2 rings (SSSR count). The Hall–Kier alpha value is -1.18. The molecule has 1 saturated carbocycles. The van der Waals surface area contributed by atoms with Gasteiger partial charge in [-0.3, -0.25) is 4.79 Å². The van der Waals surface area contributed by atoms with Crippen LogP contribution in [0, 0.1) is 24.1 Å². The normalized spacial score (nSPS) is 22.5. The van der Waals surface area contributed by atoms with Gasteiger partial charge in [0.2, 0.25) is 0 Å². The highest BCUT2D eigenvalue weighted by atomic mass is 19.1. The largest absolute Gasteiger partial charge is 0.294 e. The molecule has 0 aromatic heterocycles. The van der Waals surface area contributed by atoms with E-state index in [0.717, 1.165) is 6.42 Å². The second-order valence-electron chi connectivity index (χ2n) is 5.07. The summed E-state index contributed by atoms with van der Waals surface area (Å²) < 4.78 is 13.3. The van der Waals surface area contributed by atoms with Gasteiger partial charge in [0.1, 0.15) is 5.82 Å². The minimum absolute atomic E-state index is 0.0823. The molecule has 1 fully saturated rings. The monoisotopic (exact) mass is 206 g/mol. The Morgan fingerprint density at radius 3 is 2.53 bits per heavy atom. The number of hydrogen-bond acceptors (Lipinski definition) is 1. The molecule has 0 saturated heterocycles. The first-order valence-electron chi connectivity index (χ1n) is 5.22. The lowest BCUT2D eigenvalue weighted by Gasteiger charge is -2.04. The maximum absolute atomic E-state index is 13.3. The lowest BCUT2D eigenvalue weighted by molar-refractivity contribution is 0.0953. The van der Waals surface area contributed by atoms with Crippen LogP contribution in [-0.4, -0.2) is 5.78 Å². The number of benzene rings is 1. The quantitative estimate of drug-likeness (QED) is 0.678. The molecule has 0 bridgehead atoms. The van der Waals surface area contributed by atoms with E-state index in [1.807, 2.05) is 0 Å². The second-order valence-corrected chi connectivity index (χ2v) is 5.07. The van der Waals surface area contributed by atoms with E-state index in [1.165, 1.54) is 6.07 Å². The molecular weight excluding hydrogens is 191 g/mol. The van der Waals surface area contributed by atoms with Gasteiger partial charge in [0, 0.05) is 11.5 Å². The van der Waals surface area contributed by atoms with Gasteiger partial charge < -0.3 is 0 Å². The van der Waals surface area contributed by atoms with E-state index in [0.29, 0.717) is 11.1 Å². The van der Waals surface area contributed by atoms with Gasteiger partial charge in [-0.1, -0.05) is 26.0 Å². The fourth-order valence-electron chi connectivity index (χ4n) is 1.86. The van der Waals surface area contributed by atoms with Crippen LogP contribution < -0.4 is 0 Å². The number of ketones is 1. The van der Waals surface area contributed by atoms with E-state index in [2.05, 4.69) is 13.8 Å². The molecule has 15 heavy (non-hydrogen) atoms. The fraction of sp³-hybridized carbons (Fsp3) is 0.462. The Morgan fingerprint density at radius 1 is 1.47 bits per heavy atom. The van der Waals surface area contributed by atoms with Crippen molar-refractivity contribution in [2.75, 3.05) is 0 Å². The molecule has 0 N–H and O–H groups in total. The molecule has 80 valence electrons. The van der Waals surface area contributed by atoms with Crippen molar-refractivity contribution in [1.82, 2.24) is 0 Å². The molecule has 0 aliphatic heterocycles. The van der Waals surface area contributed by atoms with Crippen LogP contribution in [0.15, 0.2) is 18.2 Å². The third-order valence-electron chi connectivity index (χ3n) is 3.29. The summed E-state index contributed by atoms with van der Waals surface area (Å²) in [5, 5.41) is 0. The Balaban J connectivity index is 2.24. The number of aryl methyl sites for hydroxylation is 1. The Labute approximate surface area is 89.3 Å². The zero-order valence-electron chi connectivity index (χ0n) is 9.30. The predicted molar refractivity (Wildman–Crippen MR) is 57.4 cm³/mol. The summed E-state index contributed by atoms with van der Waals surface area (Å²) in [7, 11) is 0. The third kappa shape index (κ3) is 1.81. The number of hydrogen-bond donors (Lipinski definition) is 0. The lowest BCUT2D eigenvalue weighted by Crippen LogP contribution is -2.07. The van der Waals surface area contributed by atoms with Gasteiger partial charge in [-0.2, -0.15) is 0 Å². The first-order chi connectivity index (χ1) is 6.92. The van der Waals surface area contributed by atoms with E-state index in [1.54, 1.807) is 19.1 Å². The fourth-order valence-corrected chi connectivity index (χ4v) is 1.86. The van der Waals surface area contributed by atoms with E-state index in [4.69, 9.17) is 0 Å². The summed E-state index contributed by atoms with van der Waals surface area (Å²) >= 11 is 0. The highest BCUT2D eigenvalue weighted by molar-refractivity contribution is 6.00. The maximum atomic E-state index is 13.3. The van der Waals surface area contributed by atoms with Gasteiger partial charge in [0.25, 0.3) is 0 Å². The molecule has 2 heteroatoms. The average molecular weight is 206 g/mol. The van der Waals surface area contributed by atoms with Crippen LogP contribution in [-0.2, 0) is 0 Å².